The average molecular weight is 286 g/mol. The number of hydrogen-bond acceptors (Lipinski definition) is 4. The lowest BCUT2D eigenvalue weighted by atomic mass is 10.2. The van der Waals surface area contributed by atoms with E-state index in [0.717, 1.165) is 12.1 Å². The number of sulfonamides is 1. The summed E-state index contributed by atoms with van der Waals surface area (Å²) in [5.74, 6) is 0.120. The van der Waals surface area contributed by atoms with E-state index in [4.69, 9.17) is 4.74 Å². The van der Waals surface area contributed by atoms with Gasteiger partial charge in [0.1, 0.15) is 0 Å². The summed E-state index contributed by atoms with van der Waals surface area (Å²) < 4.78 is 31.3. The molecule has 1 rings (SSSR count). The smallest absolute Gasteiger partial charge is 0.232 e. The predicted octanol–water partition coefficient (Wildman–Crippen LogP) is 1.57. The van der Waals surface area contributed by atoms with Gasteiger partial charge in [0.15, 0.2) is 0 Å². The molecule has 0 spiro atoms. The first-order valence-electron chi connectivity index (χ1n) is 6.36. The van der Waals surface area contributed by atoms with Crippen LogP contribution in [0.1, 0.15) is 18.9 Å². The van der Waals surface area contributed by atoms with Crippen molar-refractivity contribution in [1.82, 2.24) is 5.32 Å². The van der Waals surface area contributed by atoms with Crippen LogP contribution in [0.15, 0.2) is 24.3 Å². The van der Waals surface area contributed by atoms with Gasteiger partial charge in [-0.15, -0.1) is 0 Å². The lowest BCUT2D eigenvalue weighted by molar-refractivity contribution is 0.185. The summed E-state index contributed by atoms with van der Waals surface area (Å²) in [5, 5.41) is 3.10. The average Bonchev–Trinajstić information content (AvgIpc) is 2.35. The summed E-state index contributed by atoms with van der Waals surface area (Å²) in [6.07, 6.45) is 0.598. The van der Waals surface area contributed by atoms with Crippen molar-refractivity contribution in [3.63, 3.8) is 0 Å². The number of ether oxygens (including phenoxy) is 1. The summed E-state index contributed by atoms with van der Waals surface area (Å²) in [6.45, 7) is 4.03. The molecule has 1 aromatic rings. The van der Waals surface area contributed by atoms with Crippen molar-refractivity contribution in [3.8, 4) is 0 Å². The Labute approximate surface area is 115 Å². The molecule has 1 aromatic carbocycles. The highest BCUT2D eigenvalue weighted by atomic mass is 32.2. The molecule has 0 amide bonds. The molecule has 0 heterocycles. The fourth-order valence-corrected chi connectivity index (χ4v) is 2.80. The third kappa shape index (κ3) is 6.56. The number of hydrogen-bond donors (Lipinski definition) is 2. The largest absolute Gasteiger partial charge is 0.380 e. The molecule has 0 aliphatic rings. The minimum Gasteiger partial charge on any atom is -0.380 e. The molecule has 19 heavy (non-hydrogen) atoms. The lowest BCUT2D eigenvalue weighted by Crippen LogP contribution is -2.21. The van der Waals surface area contributed by atoms with Crippen molar-refractivity contribution in [1.29, 1.82) is 0 Å². The Morgan fingerprint density at radius 1 is 1.32 bits per heavy atom. The normalized spacial score (nSPS) is 11.5. The molecule has 0 bridgehead atoms. The molecule has 0 saturated heterocycles. The molecule has 2 N–H and O–H groups in total. The summed E-state index contributed by atoms with van der Waals surface area (Å²) in [6, 6.07) is 7.23. The van der Waals surface area contributed by atoms with Crippen LogP contribution in [0.25, 0.3) is 0 Å². The van der Waals surface area contributed by atoms with E-state index in [2.05, 4.69) is 10.0 Å². The summed E-state index contributed by atoms with van der Waals surface area (Å²) in [4.78, 5) is 0. The van der Waals surface area contributed by atoms with Gasteiger partial charge < -0.3 is 10.1 Å². The molecule has 108 valence electrons. The third-order valence-electron chi connectivity index (χ3n) is 2.53. The maximum Gasteiger partial charge on any atom is 0.232 e. The Morgan fingerprint density at radius 3 is 2.79 bits per heavy atom. The minimum absolute atomic E-state index is 0.120. The number of nitrogens with one attached hydrogen (secondary N) is 2. The molecule has 0 aliphatic heterocycles. The van der Waals surface area contributed by atoms with Crippen molar-refractivity contribution in [3.05, 3.63) is 29.8 Å². The van der Waals surface area contributed by atoms with Gasteiger partial charge in [-0.3, -0.25) is 4.72 Å². The summed E-state index contributed by atoms with van der Waals surface area (Å²) in [7, 11) is -1.67. The molecule has 0 saturated carbocycles. The number of benzene rings is 1. The Hall–Kier alpha value is -1.11. The molecule has 0 unspecified atom stereocenters. The van der Waals surface area contributed by atoms with E-state index in [1.165, 1.54) is 0 Å². The molecular formula is C13H22N2O3S. The highest BCUT2D eigenvalue weighted by Crippen LogP contribution is 2.13. The highest BCUT2D eigenvalue weighted by molar-refractivity contribution is 7.92. The van der Waals surface area contributed by atoms with Crippen LogP contribution < -0.4 is 10.0 Å². The van der Waals surface area contributed by atoms with Crippen LogP contribution in [0.3, 0.4) is 0 Å². The van der Waals surface area contributed by atoms with Gasteiger partial charge in [-0.2, -0.15) is 0 Å². The van der Waals surface area contributed by atoms with Crippen molar-refractivity contribution in [2.75, 3.05) is 30.7 Å². The van der Waals surface area contributed by atoms with Crippen LogP contribution in [0.5, 0.6) is 0 Å². The molecule has 5 nitrogen and oxygen atoms in total. The Kier molecular flexibility index (Phi) is 6.83. The van der Waals surface area contributed by atoms with E-state index in [9.17, 15) is 8.42 Å². The summed E-state index contributed by atoms with van der Waals surface area (Å²) >= 11 is 0. The maximum absolute atomic E-state index is 11.9. The van der Waals surface area contributed by atoms with Gasteiger partial charge in [0.2, 0.25) is 10.0 Å². The van der Waals surface area contributed by atoms with Gasteiger partial charge in [0.25, 0.3) is 0 Å². The minimum atomic E-state index is -3.28. The first kappa shape index (κ1) is 15.9. The maximum atomic E-state index is 11.9. The summed E-state index contributed by atoms with van der Waals surface area (Å²) in [5.41, 5.74) is 1.52. The van der Waals surface area contributed by atoms with Crippen molar-refractivity contribution in [2.24, 2.45) is 0 Å². The van der Waals surface area contributed by atoms with E-state index in [1.807, 2.05) is 19.1 Å². The highest BCUT2D eigenvalue weighted by Gasteiger charge is 2.10. The van der Waals surface area contributed by atoms with Crippen molar-refractivity contribution >= 4 is 15.7 Å². The van der Waals surface area contributed by atoms with Crippen LogP contribution in [-0.2, 0) is 21.4 Å². The molecule has 0 aromatic heterocycles. The van der Waals surface area contributed by atoms with Gasteiger partial charge >= 0.3 is 0 Å². The van der Waals surface area contributed by atoms with E-state index in [0.29, 0.717) is 25.3 Å². The Morgan fingerprint density at radius 2 is 2.11 bits per heavy atom. The number of anilines is 1. The monoisotopic (exact) mass is 286 g/mol. The van der Waals surface area contributed by atoms with Gasteiger partial charge in [-0.1, -0.05) is 19.1 Å². The van der Waals surface area contributed by atoms with Crippen LogP contribution in [-0.4, -0.2) is 34.4 Å². The molecule has 0 fully saturated rings. The van der Waals surface area contributed by atoms with E-state index in [-0.39, 0.29) is 5.75 Å². The molecule has 0 atom stereocenters. The fraction of sp³-hybridized carbons (Fsp3) is 0.538. The zero-order valence-corrected chi connectivity index (χ0v) is 12.3. The standard InChI is InChI=1S/C13H22N2O3S/c1-3-14-8-5-9-19(16,17)15-13-7-4-6-12(10-13)11-18-2/h4,6-7,10,14-15H,3,5,8-9,11H2,1-2H3. The first-order valence-corrected chi connectivity index (χ1v) is 8.01. The Bertz CT molecular complexity index is 475. The van der Waals surface area contributed by atoms with Gasteiger partial charge in [0.05, 0.1) is 12.4 Å². The number of rotatable bonds is 9. The quantitative estimate of drug-likeness (QED) is 0.676. The molecular weight excluding hydrogens is 264 g/mol. The fourth-order valence-electron chi connectivity index (χ4n) is 1.69. The second-order valence-corrected chi connectivity index (χ2v) is 6.10. The second kappa shape index (κ2) is 8.14. The van der Waals surface area contributed by atoms with Crippen molar-refractivity contribution < 1.29 is 13.2 Å². The van der Waals surface area contributed by atoms with Crippen LogP contribution in [0, 0.1) is 0 Å². The van der Waals surface area contributed by atoms with Gasteiger partial charge in [-0.25, -0.2) is 8.42 Å². The number of methoxy groups -OCH3 is 1. The van der Waals surface area contributed by atoms with Crippen molar-refractivity contribution in [2.45, 2.75) is 20.0 Å². The van der Waals surface area contributed by atoms with E-state index < -0.39 is 10.0 Å². The van der Waals surface area contributed by atoms with Crippen LogP contribution in [0.2, 0.25) is 0 Å². The van der Waals surface area contributed by atoms with Crippen LogP contribution >= 0.6 is 0 Å². The molecule has 0 aliphatic carbocycles. The second-order valence-electron chi connectivity index (χ2n) is 4.26. The lowest BCUT2D eigenvalue weighted by Gasteiger charge is -2.09. The van der Waals surface area contributed by atoms with Gasteiger partial charge in [-0.05, 0) is 37.2 Å². The SMILES string of the molecule is CCNCCCS(=O)(=O)Nc1cccc(COC)c1. The topological polar surface area (TPSA) is 67.4 Å². The van der Waals surface area contributed by atoms with E-state index in [1.54, 1.807) is 19.2 Å². The zero-order chi connectivity index (χ0) is 14.1. The zero-order valence-electron chi connectivity index (χ0n) is 11.5. The third-order valence-corrected chi connectivity index (χ3v) is 3.90. The van der Waals surface area contributed by atoms with Gasteiger partial charge in [0, 0.05) is 12.8 Å². The first-order chi connectivity index (χ1) is 9.07. The van der Waals surface area contributed by atoms with E-state index >= 15 is 0 Å². The predicted molar refractivity (Wildman–Crippen MR) is 77.7 cm³/mol. The Balaban J connectivity index is 2.54. The molecule has 6 heteroatoms. The van der Waals surface area contributed by atoms with Crippen LogP contribution in [0.4, 0.5) is 5.69 Å². The molecule has 0 radical (unpaired) electrons.